The molecule has 0 radical (unpaired) electrons. The number of hydrogen-bond acceptors (Lipinski definition) is 2. The molecule has 88 valence electrons. The van der Waals surface area contributed by atoms with Crippen LogP contribution in [-0.4, -0.2) is 22.3 Å². The Hall–Kier alpha value is -0.610. The fourth-order valence-corrected chi connectivity index (χ4v) is 1.74. The summed E-state index contributed by atoms with van der Waals surface area (Å²) < 4.78 is 0. The number of aromatic nitrogens is 1. The minimum Gasteiger partial charge on any atom is -0.348 e. The molecule has 0 aliphatic rings. The van der Waals surface area contributed by atoms with Crippen LogP contribution < -0.4 is 5.32 Å². The largest absolute Gasteiger partial charge is 0.348 e. The molecule has 1 rings (SSSR count). The molecule has 0 saturated heterocycles. The van der Waals surface area contributed by atoms with E-state index in [2.05, 4.69) is 33.2 Å². The van der Waals surface area contributed by atoms with Crippen molar-refractivity contribution in [1.82, 2.24) is 10.3 Å². The van der Waals surface area contributed by atoms with Crippen LogP contribution >= 0.6 is 27.5 Å². The van der Waals surface area contributed by atoms with Crippen LogP contribution in [0.3, 0.4) is 0 Å². The molecule has 3 nitrogen and oxygen atoms in total. The van der Waals surface area contributed by atoms with E-state index in [1.54, 1.807) is 12.1 Å². The van der Waals surface area contributed by atoms with Crippen LogP contribution in [0.25, 0.3) is 0 Å². The lowest BCUT2D eigenvalue weighted by Gasteiger charge is -2.18. The van der Waals surface area contributed by atoms with Gasteiger partial charge in [0.25, 0.3) is 5.91 Å². The zero-order chi connectivity index (χ0) is 12.1. The molecule has 0 aliphatic heterocycles. The minimum absolute atomic E-state index is 0.101. The number of halogens is 2. The van der Waals surface area contributed by atoms with E-state index >= 15 is 0 Å². The molecule has 1 N–H and O–H groups in total. The summed E-state index contributed by atoms with van der Waals surface area (Å²) in [4.78, 5) is 15.7. The second-order valence-corrected chi connectivity index (χ2v) is 4.84. The lowest BCUT2D eigenvalue weighted by molar-refractivity contribution is 0.0926. The van der Waals surface area contributed by atoms with Crippen molar-refractivity contribution in [3.8, 4) is 0 Å². The molecule has 0 spiro atoms. The lowest BCUT2D eigenvalue weighted by atomic mass is 10.1. The minimum atomic E-state index is -0.169. The Morgan fingerprint density at radius 2 is 2.25 bits per heavy atom. The van der Waals surface area contributed by atoms with E-state index in [1.807, 2.05) is 6.92 Å². The summed E-state index contributed by atoms with van der Waals surface area (Å²) in [6.07, 6.45) is 1.47. The molecule has 0 saturated carbocycles. The number of amides is 1. The van der Waals surface area contributed by atoms with Crippen LogP contribution in [0.1, 0.15) is 24.3 Å². The molecule has 16 heavy (non-hydrogen) atoms. The molecule has 1 aromatic heterocycles. The third kappa shape index (κ3) is 3.76. The summed E-state index contributed by atoms with van der Waals surface area (Å²) in [7, 11) is 0. The van der Waals surface area contributed by atoms with Gasteiger partial charge < -0.3 is 5.32 Å². The normalized spacial score (nSPS) is 14.2. The average molecular weight is 306 g/mol. The first-order valence-electron chi connectivity index (χ1n) is 5.03. The van der Waals surface area contributed by atoms with Crippen LogP contribution in [-0.2, 0) is 0 Å². The Labute approximate surface area is 109 Å². The van der Waals surface area contributed by atoms with Crippen LogP contribution in [0.15, 0.2) is 18.3 Å². The van der Waals surface area contributed by atoms with Crippen molar-refractivity contribution in [3.05, 3.63) is 29.0 Å². The number of hydrogen-bond donors (Lipinski definition) is 1. The number of carbonyl (C=O) groups is 1. The van der Waals surface area contributed by atoms with Crippen molar-refractivity contribution in [2.45, 2.75) is 19.9 Å². The Balaban J connectivity index is 2.62. The van der Waals surface area contributed by atoms with Crippen molar-refractivity contribution in [2.24, 2.45) is 5.92 Å². The molecule has 2 unspecified atom stereocenters. The van der Waals surface area contributed by atoms with Gasteiger partial charge in [-0.25, -0.2) is 4.98 Å². The highest BCUT2D eigenvalue weighted by Gasteiger charge is 2.15. The van der Waals surface area contributed by atoms with Crippen molar-refractivity contribution in [1.29, 1.82) is 0 Å². The number of nitrogens with one attached hydrogen (secondary N) is 1. The maximum absolute atomic E-state index is 11.8. The van der Waals surface area contributed by atoms with Gasteiger partial charge in [-0.15, -0.1) is 0 Å². The summed E-state index contributed by atoms with van der Waals surface area (Å²) in [5.41, 5.74) is 0.387. The summed E-state index contributed by atoms with van der Waals surface area (Å²) in [5.74, 6) is 0.202. The van der Waals surface area contributed by atoms with Crippen LogP contribution in [0.5, 0.6) is 0 Å². The first kappa shape index (κ1) is 13.5. The van der Waals surface area contributed by atoms with Gasteiger partial charge in [0.2, 0.25) is 0 Å². The third-order valence-electron chi connectivity index (χ3n) is 2.42. The molecule has 1 amide bonds. The molecule has 1 aromatic rings. The van der Waals surface area contributed by atoms with E-state index in [-0.39, 0.29) is 11.9 Å². The Morgan fingerprint density at radius 1 is 1.56 bits per heavy atom. The van der Waals surface area contributed by atoms with Gasteiger partial charge in [-0.05, 0) is 25.0 Å². The highest BCUT2D eigenvalue weighted by Crippen LogP contribution is 2.09. The van der Waals surface area contributed by atoms with E-state index in [0.29, 0.717) is 16.6 Å². The SMILES string of the molecule is CC(CBr)C(C)NC(=O)c1ccc(Cl)cn1. The zero-order valence-electron chi connectivity index (χ0n) is 9.21. The first-order valence-corrected chi connectivity index (χ1v) is 6.53. The third-order valence-corrected chi connectivity index (χ3v) is 3.66. The second-order valence-electron chi connectivity index (χ2n) is 3.76. The lowest BCUT2D eigenvalue weighted by Crippen LogP contribution is -2.38. The Kier molecular flexibility index (Phi) is 5.22. The summed E-state index contributed by atoms with van der Waals surface area (Å²) in [5, 5.41) is 4.27. The van der Waals surface area contributed by atoms with E-state index in [9.17, 15) is 4.79 Å². The molecule has 0 bridgehead atoms. The quantitative estimate of drug-likeness (QED) is 0.869. The van der Waals surface area contributed by atoms with Gasteiger partial charge in [0.1, 0.15) is 5.69 Å². The number of pyridine rings is 1. The van der Waals surface area contributed by atoms with Crippen molar-refractivity contribution < 1.29 is 4.79 Å². The van der Waals surface area contributed by atoms with Crippen molar-refractivity contribution in [2.75, 3.05) is 5.33 Å². The van der Waals surface area contributed by atoms with Gasteiger partial charge in [-0.3, -0.25) is 4.79 Å². The molecule has 1 heterocycles. The molecular formula is C11H14BrClN2O. The predicted molar refractivity (Wildman–Crippen MR) is 69.1 cm³/mol. The maximum atomic E-state index is 11.8. The number of nitrogens with zero attached hydrogens (tertiary/aromatic N) is 1. The Morgan fingerprint density at radius 3 is 2.75 bits per heavy atom. The van der Waals surface area contributed by atoms with Gasteiger partial charge in [0.15, 0.2) is 0 Å². The van der Waals surface area contributed by atoms with Crippen LogP contribution in [0, 0.1) is 5.92 Å². The molecule has 0 aliphatic carbocycles. The van der Waals surface area contributed by atoms with Gasteiger partial charge in [0, 0.05) is 17.6 Å². The molecule has 0 aromatic carbocycles. The standard InChI is InChI=1S/C11H14BrClN2O/c1-7(5-12)8(2)15-11(16)10-4-3-9(13)6-14-10/h3-4,6-8H,5H2,1-2H3,(H,15,16). The highest BCUT2D eigenvalue weighted by molar-refractivity contribution is 9.09. The molecule has 0 fully saturated rings. The topological polar surface area (TPSA) is 42.0 Å². The first-order chi connectivity index (χ1) is 7.54. The van der Waals surface area contributed by atoms with Crippen molar-refractivity contribution in [3.63, 3.8) is 0 Å². The van der Waals surface area contributed by atoms with E-state index in [0.717, 1.165) is 5.33 Å². The maximum Gasteiger partial charge on any atom is 0.270 e. The molecular weight excluding hydrogens is 291 g/mol. The number of alkyl halides is 1. The Bertz CT molecular complexity index is 356. The fourth-order valence-electron chi connectivity index (χ4n) is 1.07. The van der Waals surface area contributed by atoms with Gasteiger partial charge in [0.05, 0.1) is 5.02 Å². The smallest absolute Gasteiger partial charge is 0.270 e. The molecule has 2 atom stereocenters. The summed E-state index contributed by atoms with van der Waals surface area (Å²) in [6, 6.07) is 3.37. The highest BCUT2D eigenvalue weighted by atomic mass is 79.9. The fraction of sp³-hybridized carbons (Fsp3) is 0.455. The van der Waals surface area contributed by atoms with Gasteiger partial charge >= 0.3 is 0 Å². The van der Waals surface area contributed by atoms with Crippen LogP contribution in [0.2, 0.25) is 5.02 Å². The number of rotatable bonds is 4. The second kappa shape index (κ2) is 6.21. The van der Waals surface area contributed by atoms with Gasteiger partial charge in [-0.2, -0.15) is 0 Å². The number of carbonyl (C=O) groups excluding carboxylic acids is 1. The van der Waals surface area contributed by atoms with Gasteiger partial charge in [-0.1, -0.05) is 34.5 Å². The average Bonchev–Trinajstić information content (AvgIpc) is 2.28. The van der Waals surface area contributed by atoms with E-state index < -0.39 is 0 Å². The molecule has 5 heteroatoms. The van der Waals surface area contributed by atoms with Crippen molar-refractivity contribution >= 4 is 33.4 Å². The monoisotopic (exact) mass is 304 g/mol. The predicted octanol–water partition coefficient (Wildman–Crippen LogP) is 2.88. The van der Waals surface area contributed by atoms with E-state index in [4.69, 9.17) is 11.6 Å². The zero-order valence-corrected chi connectivity index (χ0v) is 11.5. The van der Waals surface area contributed by atoms with Crippen LogP contribution in [0.4, 0.5) is 0 Å². The van der Waals surface area contributed by atoms with E-state index in [1.165, 1.54) is 6.20 Å². The summed E-state index contributed by atoms with van der Waals surface area (Å²) in [6.45, 7) is 4.04. The summed E-state index contributed by atoms with van der Waals surface area (Å²) >= 11 is 9.08.